The van der Waals surface area contributed by atoms with E-state index in [0.717, 1.165) is 16.5 Å². The Morgan fingerprint density at radius 3 is 2.94 bits per heavy atom. The molecule has 1 saturated carbocycles. The summed E-state index contributed by atoms with van der Waals surface area (Å²) in [5.74, 6) is 0.903. The maximum Gasteiger partial charge on any atom is 0.163 e. The van der Waals surface area contributed by atoms with Gasteiger partial charge in [-0.2, -0.15) is 0 Å². The molecule has 0 aliphatic heterocycles. The molecule has 3 rings (SSSR count). The molecule has 1 aromatic carbocycles. The van der Waals surface area contributed by atoms with E-state index in [1.807, 2.05) is 30.3 Å². The van der Waals surface area contributed by atoms with Gasteiger partial charge in [0.2, 0.25) is 0 Å². The number of benzene rings is 1. The molecule has 0 atom stereocenters. The number of Topliss-reactive ketones (excluding diaryl/α,β-unsaturated/α-hetero) is 1. The molecular weight excluding hydrogens is 198 g/mol. The Kier molecular flexibility index (Phi) is 2.21. The van der Waals surface area contributed by atoms with Crippen molar-refractivity contribution in [3.05, 3.63) is 42.1 Å². The van der Waals surface area contributed by atoms with Crippen LogP contribution in [-0.2, 0) is 0 Å². The Balaban J connectivity index is 2.04. The Labute approximate surface area is 94.3 Å². The largest absolute Gasteiger partial charge is 0.294 e. The van der Waals surface area contributed by atoms with Crippen LogP contribution in [0.1, 0.15) is 29.6 Å². The fraction of sp³-hybridized carbons (Fsp3) is 0.286. The Morgan fingerprint density at radius 2 is 2.12 bits per heavy atom. The highest BCUT2D eigenvalue weighted by molar-refractivity contribution is 6.07. The van der Waals surface area contributed by atoms with Crippen molar-refractivity contribution in [2.75, 3.05) is 0 Å². The van der Waals surface area contributed by atoms with Gasteiger partial charge in [0.25, 0.3) is 0 Å². The first-order valence-electron chi connectivity index (χ1n) is 5.71. The fourth-order valence-electron chi connectivity index (χ4n) is 2.04. The Hall–Kier alpha value is -1.70. The molecule has 2 aromatic rings. The lowest BCUT2D eigenvalue weighted by molar-refractivity contribution is 0.0977. The molecule has 0 saturated heterocycles. The van der Waals surface area contributed by atoms with Crippen molar-refractivity contribution in [1.82, 2.24) is 4.98 Å². The summed E-state index contributed by atoms with van der Waals surface area (Å²) in [5, 5.41) is 0.982. The van der Waals surface area contributed by atoms with Gasteiger partial charge in [0.05, 0.1) is 5.52 Å². The third kappa shape index (κ3) is 1.71. The summed E-state index contributed by atoms with van der Waals surface area (Å²) in [4.78, 5) is 16.3. The standard InChI is InChI=1S/C14H13NO/c16-14(9-10-6-7-10)12-3-1-5-13-11(12)4-2-8-15-13/h1-5,8,10H,6-7,9H2. The molecule has 1 fully saturated rings. The van der Waals surface area contributed by atoms with Gasteiger partial charge in [-0.1, -0.05) is 18.2 Å². The van der Waals surface area contributed by atoms with E-state index in [-0.39, 0.29) is 5.78 Å². The van der Waals surface area contributed by atoms with Crippen LogP contribution in [0.2, 0.25) is 0 Å². The average Bonchev–Trinajstić information content (AvgIpc) is 3.12. The van der Waals surface area contributed by atoms with Gasteiger partial charge in [-0.25, -0.2) is 0 Å². The van der Waals surface area contributed by atoms with E-state index in [0.29, 0.717) is 12.3 Å². The van der Waals surface area contributed by atoms with E-state index in [1.54, 1.807) is 6.20 Å². The summed E-state index contributed by atoms with van der Waals surface area (Å²) in [6.45, 7) is 0. The molecular formula is C14H13NO. The Morgan fingerprint density at radius 1 is 1.25 bits per heavy atom. The molecule has 0 bridgehead atoms. The first kappa shape index (κ1) is 9.52. The molecule has 16 heavy (non-hydrogen) atoms. The van der Waals surface area contributed by atoms with Gasteiger partial charge in [-0.3, -0.25) is 9.78 Å². The maximum absolute atomic E-state index is 12.1. The van der Waals surface area contributed by atoms with Gasteiger partial charge in [0.15, 0.2) is 5.78 Å². The second kappa shape index (κ2) is 3.71. The van der Waals surface area contributed by atoms with Crippen LogP contribution in [0.3, 0.4) is 0 Å². The summed E-state index contributed by atoms with van der Waals surface area (Å²) in [5.41, 5.74) is 1.74. The summed E-state index contributed by atoms with van der Waals surface area (Å²) < 4.78 is 0. The van der Waals surface area contributed by atoms with E-state index in [1.165, 1.54) is 12.8 Å². The van der Waals surface area contributed by atoms with E-state index >= 15 is 0 Å². The molecule has 2 heteroatoms. The van der Waals surface area contributed by atoms with Crippen LogP contribution in [-0.4, -0.2) is 10.8 Å². The van der Waals surface area contributed by atoms with E-state index in [4.69, 9.17) is 0 Å². The van der Waals surface area contributed by atoms with Gasteiger partial charge < -0.3 is 0 Å². The van der Waals surface area contributed by atoms with Crippen LogP contribution < -0.4 is 0 Å². The number of ketones is 1. The molecule has 2 nitrogen and oxygen atoms in total. The summed E-state index contributed by atoms with van der Waals surface area (Å²) in [6, 6.07) is 9.63. The number of nitrogens with zero attached hydrogens (tertiary/aromatic N) is 1. The molecule has 0 amide bonds. The van der Waals surface area contributed by atoms with E-state index in [9.17, 15) is 4.79 Å². The third-order valence-electron chi connectivity index (χ3n) is 3.12. The average molecular weight is 211 g/mol. The van der Waals surface area contributed by atoms with Crippen LogP contribution in [0.25, 0.3) is 10.9 Å². The lowest BCUT2D eigenvalue weighted by Gasteiger charge is -2.04. The quantitative estimate of drug-likeness (QED) is 0.729. The van der Waals surface area contributed by atoms with Crippen molar-refractivity contribution in [2.24, 2.45) is 5.92 Å². The van der Waals surface area contributed by atoms with E-state index in [2.05, 4.69) is 4.98 Å². The molecule has 0 N–H and O–H groups in total. The van der Waals surface area contributed by atoms with Crippen LogP contribution >= 0.6 is 0 Å². The van der Waals surface area contributed by atoms with Gasteiger partial charge >= 0.3 is 0 Å². The monoisotopic (exact) mass is 211 g/mol. The Bertz CT molecular complexity index is 538. The zero-order chi connectivity index (χ0) is 11.0. The van der Waals surface area contributed by atoms with Gasteiger partial charge in [0.1, 0.15) is 0 Å². The molecule has 1 aromatic heterocycles. The highest BCUT2D eigenvalue weighted by Gasteiger charge is 2.25. The van der Waals surface area contributed by atoms with Gasteiger partial charge in [0, 0.05) is 23.6 Å². The zero-order valence-corrected chi connectivity index (χ0v) is 9.02. The van der Waals surface area contributed by atoms with Crippen molar-refractivity contribution in [1.29, 1.82) is 0 Å². The molecule has 80 valence electrons. The SMILES string of the molecule is O=C(CC1CC1)c1cccc2ncccc12. The number of pyridine rings is 1. The summed E-state index contributed by atoms with van der Waals surface area (Å²) in [7, 11) is 0. The van der Waals surface area contributed by atoms with Crippen molar-refractivity contribution in [2.45, 2.75) is 19.3 Å². The summed E-state index contributed by atoms with van der Waals surface area (Å²) in [6.07, 6.45) is 4.90. The fourth-order valence-corrected chi connectivity index (χ4v) is 2.04. The summed E-state index contributed by atoms with van der Waals surface area (Å²) >= 11 is 0. The van der Waals surface area contributed by atoms with Crippen molar-refractivity contribution in [3.8, 4) is 0 Å². The second-order valence-electron chi connectivity index (χ2n) is 4.45. The number of rotatable bonds is 3. The molecule has 0 radical (unpaired) electrons. The number of hydrogen-bond donors (Lipinski definition) is 0. The lowest BCUT2D eigenvalue weighted by atomic mass is 10.0. The van der Waals surface area contributed by atoms with Crippen molar-refractivity contribution in [3.63, 3.8) is 0 Å². The number of hydrogen-bond acceptors (Lipinski definition) is 2. The van der Waals surface area contributed by atoms with Crippen molar-refractivity contribution < 1.29 is 4.79 Å². The molecule has 0 unspecified atom stereocenters. The van der Waals surface area contributed by atoms with Crippen LogP contribution in [0.4, 0.5) is 0 Å². The van der Waals surface area contributed by atoms with Crippen molar-refractivity contribution >= 4 is 16.7 Å². The molecule has 0 spiro atoms. The highest BCUT2D eigenvalue weighted by Crippen LogP contribution is 2.34. The number of carbonyl (C=O) groups is 1. The lowest BCUT2D eigenvalue weighted by Crippen LogP contribution is -2.01. The van der Waals surface area contributed by atoms with Crippen LogP contribution in [0.15, 0.2) is 36.5 Å². The molecule has 1 aliphatic rings. The van der Waals surface area contributed by atoms with E-state index < -0.39 is 0 Å². The number of aromatic nitrogens is 1. The smallest absolute Gasteiger partial charge is 0.163 e. The first-order chi connectivity index (χ1) is 7.84. The topological polar surface area (TPSA) is 30.0 Å². The third-order valence-corrected chi connectivity index (χ3v) is 3.12. The van der Waals surface area contributed by atoms with Gasteiger partial charge in [-0.05, 0) is 30.9 Å². The number of fused-ring (bicyclic) bond motifs is 1. The minimum absolute atomic E-state index is 0.265. The minimum atomic E-state index is 0.265. The molecule has 1 aliphatic carbocycles. The highest BCUT2D eigenvalue weighted by atomic mass is 16.1. The zero-order valence-electron chi connectivity index (χ0n) is 9.02. The molecule has 1 heterocycles. The predicted molar refractivity (Wildman–Crippen MR) is 63.4 cm³/mol. The normalized spacial score (nSPS) is 15.2. The minimum Gasteiger partial charge on any atom is -0.294 e. The van der Waals surface area contributed by atoms with Crippen LogP contribution in [0, 0.1) is 5.92 Å². The first-order valence-corrected chi connectivity index (χ1v) is 5.71. The van der Waals surface area contributed by atoms with Gasteiger partial charge in [-0.15, -0.1) is 0 Å². The maximum atomic E-state index is 12.1. The number of carbonyl (C=O) groups excluding carboxylic acids is 1. The second-order valence-corrected chi connectivity index (χ2v) is 4.45. The van der Waals surface area contributed by atoms with Crippen LogP contribution in [0.5, 0.6) is 0 Å². The predicted octanol–water partition coefficient (Wildman–Crippen LogP) is 3.22.